The summed E-state index contributed by atoms with van der Waals surface area (Å²) in [5.41, 5.74) is 3.00. The second-order valence-electron chi connectivity index (χ2n) is 6.63. The highest BCUT2D eigenvalue weighted by molar-refractivity contribution is 5.95. The third kappa shape index (κ3) is 2.41. The minimum atomic E-state index is 0.0253. The zero-order chi connectivity index (χ0) is 15.1. The molecule has 1 aromatic carbocycles. The summed E-state index contributed by atoms with van der Waals surface area (Å²) in [4.78, 5) is 15.0. The van der Waals surface area contributed by atoms with Gasteiger partial charge in [0.1, 0.15) is 12.4 Å². The average molecular weight is 298 g/mol. The highest BCUT2D eigenvalue weighted by atomic mass is 16.5. The molecule has 0 aromatic heterocycles. The summed E-state index contributed by atoms with van der Waals surface area (Å²) in [5.74, 6) is 1.49. The lowest BCUT2D eigenvalue weighted by molar-refractivity contribution is 0.0620. The van der Waals surface area contributed by atoms with E-state index >= 15 is 0 Å². The van der Waals surface area contributed by atoms with Crippen molar-refractivity contribution in [1.82, 2.24) is 10.2 Å². The number of nitrogens with one attached hydrogen (secondary N) is 1. The van der Waals surface area contributed by atoms with Crippen molar-refractivity contribution >= 4 is 11.5 Å². The normalized spacial score (nSPS) is 29.3. The summed E-state index contributed by atoms with van der Waals surface area (Å²) in [6.45, 7) is 6.04. The van der Waals surface area contributed by atoms with Gasteiger partial charge < -0.3 is 15.0 Å². The highest BCUT2D eigenvalue weighted by Gasteiger charge is 2.35. The monoisotopic (exact) mass is 298 g/mol. The van der Waals surface area contributed by atoms with Crippen molar-refractivity contribution < 1.29 is 9.53 Å². The van der Waals surface area contributed by atoms with Crippen molar-refractivity contribution in [3.05, 3.63) is 35.4 Å². The summed E-state index contributed by atoms with van der Waals surface area (Å²) in [6.07, 6.45) is 4.49. The third-order valence-electron chi connectivity index (χ3n) is 5.27. The van der Waals surface area contributed by atoms with Crippen molar-refractivity contribution in [1.29, 1.82) is 0 Å². The first-order valence-electron chi connectivity index (χ1n) is 8.18. The minimum Gasteiger partial charge on any atom is -0.489 e. The number of benzene rings is 1. The molecule has 1 amide bonds. The van der Waals surface area contributed by atoms with E-state index in [1.807, 2.05) is 18.2 Å². The maximum atomic E-state index is 12.6. The van der Waals surface area contributed by atoms with Crippen LogP contribution >= 0.6 is 0 Å². The molecule has 1 N–H and O–H groups in total. The quantitative estimate of drug-likeness (QED) is 0.911. The largest absolute Gasteiger partial charge is 0.489 e. The van der Waals surface area contributed by atoms with Crippen LogP contribution < -0.4 is 10.1 Å². The van der Waals surface area contributed by atoms with E-state index in [0.29, 0.717) is 24.1 Å². The van der Waals surface area contributed by atoms with Crippen molar-refractivity contribution in [3.8, 4) is 5.75 Å². The molecule has 0 aliphatic carbocycles. The molecular weight excluding hydrogens is 276 g/mol. The van der Waals surface area contributed by atoms with Gasteiger partial charge in [-0.2, -0.15) is 0 Å². The van der Waals surface area contributed by atoms with Crippen LogP contribution in [-0.2, 0) is 0 Å². The molecule has 22 heavy (non-hydrogen) atoms. The molecule has 4 heterocycles. The van der Waals surface area contributed by atoms with Crippen LogP contribution in [0.5, 0.6) is 5.75 Å². The van der Waals surface area contributed by atoms with Gasteiger partial charge in [-0.15, -0.1) is 0 Å². The fraction of sp³-hybridized carbons (Fsp3) is 0.500. The first-order chi connectivity index (χ1) is 10.7. The first kappa shape index (κ1) is 13.8. The van der Waals surface area contributed by atoms with Crippen molar-refractivity contribution in [2.45, 2.75) is 25.8 Å². The Bertz CT molecular complexity index is 630. The van der Waals surface area contributed by atoms with E-state index in [0.717, 1.165) is 17.9 Å². The first-order valence-corrected chi connectivity index (χ1v) is 8.18. The average Bonchev–Trinajstić information content (AvgIpc) is 2.56. The molecule has 3 fully saturated rings. The molecule has 3 saturated heterocycles. The highest BCUT2D eigenvalue weighted by Crippen LogP contribution is 2.31. The Labute approximate surface area is 131 Å². The smallest absolute Gasteiger partial charge is 0.251 e. The maximum Gasteiger partial charge on any atom is 0.251 e. The second kappa shape index (κ2) is 5.43. The van der Waals surface area contributed by atoms with Crippen molar-refractivity contribution in [3.63, 3.8) is 0 Å². The third-order valence-corrected chi connectivity index (χ3v) is 5.27. The summed E-state index contributed by atoms with van der Waals surface area (Å²) < 4.78 is 5.66. The molecular formula is C18H22N2O2. The van der Waals surface area contributed by atoms with Crippen LogP contribution in [-0.4, -0.2) is 43.1 Å². The Balaban J connectivity index is 1.50. The van der Waals surface area contributed by atoms with Gasteiger partial charge in [-0.05, 0) is 62.6 Å². The number of carbonyl (C=O) groups is 1. The van der Waals surface area contributed by atoms with E-state index in [2.05, 4.69) is 23.2 Å². The lowest BCUT2D eigenvalue weighted by Gasteiger charge is -2.44. The Morgan fingerprint density at radius 1 is 1.32 bits per heavy atom. The molecule has 0 unspecified atom stereocenters. The van der Waals surface area contributed by atoms with Crippen LogP contribution in [0.15, 0.2) is 24.3 Å². The van der Waals surface area contributed by atoms with Crippen LogP contribution in [0.4, 0.5) is 0 Å². The lowest BCUT2D eigenvalue weighted by atomic mass is 9.84. The summed E-state index contributed by atoms with van der Waals surface area (Å²) in [6, 6.07) is 6.07. The van der Waals surface area contributed by atoms with Crippen LogP contribution in [0.2, 0.25) is 0 Å². The summed E-state index contributed by atoms with van der Waals surface area (Å²) >= 11 is 0. The van der Waals surface area contributed by atoms with Crippen LogP contribution in [0.3, 0.4) is 0 Å². The molecule has 0 saturated carbocycles. The zero-order valence-corrected chi connectivity index (χ0v) is 13.0. The predicted molar refractivity (Wildman–Crippen MR) is 86.0 cm³/mol. The van der Waals surface area contributed by atoms with Gasteiger partial charge in [0.15, 0.2) is 0 Å². The molecule has 1 aromatic rings. The van der Waals surface area contributed by atoms with E-state index in [4.69, 9.17) is 4.74 Å². The standard InChI is InChI=1S/C18H22N2O2/c1-12-6-9-22-17-10-14(2-3-15(12)17)18(21)19-16-11-20-7-4-13(16)5-8-20/h2-3,6,10,13,16H,4-5,7-9,11H2,1H3,(H,19,21)/t16-/m0/s1. The summed E-state index contributed by atoms with van der Waals surface area (Å²) in [7, 11) is 0. The Kier molecular flexibility index (Phi) is 3.41. The van der Waals surface area contributed by atoms with Gasteiger partial charge >= 0.3 is 0 Å². The molecule has 116 valence electrons. The molecule has 0 spiro atoms. The molecule has 4 heteroatoms. The Morgan fingerprint density at radius 3 is 2.86 bits per heavy atom. The number of allylic oxidation sites excluding steroid dienone is 1. The number of fused-ring (bicyclic) bond motifs is 4. The van der Waals surface area contributed by atoms with E-state index in [1.54, 1.807) is 0 Å². The number of piperidine rings is 3. The number of nitrogens with zero attached hydrogens (tertiary/aromatic N) is 1. The number of hydrogen-bond acceptors (Lipinski definition) is 3. The fourth-order valence-corrected chi connectivity index (χ4v) is 3.86. The van der Waals surface area contributed by atoms with Gasteiger partial charge in [0.25, 0.3) is 5.91 Å². The van der Waals surface area contributed by atoms with E-state index in [-0.39, 0.29) is 5.91 Å². The molecule has 4 aliphatic heterocycles. The van der Waals surface area contributed by atoms with Crippen molar-refractivity contribution in [2.24, 2.45) is 5.92 Å². The Hall–Kier alpha value is -1.81. The molecule has 4 nitrogen and oxygen atoms in total. The minimum absolute atomic E-state index is 0.0253. The molecule has 5 rings (SSSR count). The number of rotatable bonds is 2. The van der Waals surface area contributed by atoms with Gasteiger partial charge in [-0.3, -0.25) is 4.79 Å². The van der Waals surface area contributed by atoms with Gasteiger partial charge in [0.05, 0.1) is 0 Å². The van der Waals surface area contributed by atoms with Gasteiger partial charge in [-0.1, -0.05) is 6.07 Å². The number of carbonyl (C=O) groups excluding carboxylic acids is 1. The summed E-state index contributed by atoms with van der Waals surface area (Å²) in [5, 5.41) is 3.23. The maximum absolute atomic E-state index is 12.6. The van der Waals surface area contributed by atoms with Gasteiger partial charge in [-0.25, -0.2) is 0 Å². The van der Waals surface area contributed by atoms with E-state index < -0.39 is 0 Å². The van der Waals surface area contributed by atoms with Crippen LogP contribution in [0.1, 0.15) is 35.7 Å². The van der Waals surface area contributed by atoms with Crippen LogP contribution in [0, 0.1) is 5.92 Å². The topological polar surface area (TPSA) is 41.6 Å². The second-order valence-corrected chi connectivity index (χ2v) is 6.63. The van der Waals surface area contributed by atoms with Gasteiger partial charge in [0, 0.05) is 23.7 Å². The van der Waals surface area contributed by atoms with E-state index in [9.17, 15) is 4.79 Å². The number of hydrogen-bond donors (Lipinski definition) is 1. The fourth-order valence-electron chi connectivity index (χ4n) is 3.86. The van der Waals surface area contributed by atoms with E-state index in [1.165, 1.54) is 31.5 Å². The number of amides is 1. The van der Waals surface area contributed by atoms with Crippen molar-refractivity contribution in [2.75, 3.05) is 26.2 Å². The Morgan fingerprint density at radius 2 is 2.14 bits per heavy atom. The number of ether oxygens (including phenoxy) is 1. The lowest BCUT2D eigenvalue weighted by Crippen LogP contribution is -2.57. The predicted octanol–water partition coefficient (Wildman–Crippen LogP) is 2.31. The molecule has 1 atom stereocenters. The van der Waals surface area contributed by atoms with Crippen LogP contribution in [0.25, 0.3) is 5.57 Å². The molecule has 0 radical (unpaired) electrons. The zero-order valence-electron chi connectivity index (χ0n) is 13.0. The van der Waals surface area contributed by atoms with Gasteiger partial charge in [0.2, 0.25) is 0 Å². The molecule has 2 bridgehead atoms. The molecule has 4 aliphatic rings. The SMILES string of the molecule is CC1=CCOc2cc(C(=O)N[C@H]3CN4CCC3CC4)ccc21.